The highest BCUT2D eigenvalue weighted by atomic mass is 32.1. The van der Waals surface area contributed by atoms with Crippen LogP contribution in [0.15, 0.2) is 29.6 Å². The molecule has 0 radical (unpaired) electrons. The van der Waals surface area contributed by atoms with Crippen LogP contribution in [0.25, 0.3) is 0 Å². The highest BCUT2D eigenvalue weighted by Gasteiger charge is 2.22. The van der Waals surface area contributed by atoms with E-state index >= 15 is 0 Å². The lowest BCUT2D eigenvalue weighted by Gasteiger charge is -2.36. The molecule has 0 spiro atoms. The summed E-state index contributed by atoms with van der Waals surface area (Å²) in [6.45, 7) is 2.21. The number of anilines is 2. The molecule has 8 nitrogen and oxygen atoms in total. The zero-order valence-corrected chi connectivity index (χ0v) is 15.8. The molecule has 1 aromatic carbocycles. The van der Waals surface area contributed by atoms with Gasteiger partial charge in [-0.15, -0.1) is 17.8 Å². The van der Waals surface area contributed by atoms with Gasteiger partial charge in [0.1, 0.15) is 11.9 Å². The Morgan fingerprint density at radius 2 is 2.00 bits per heavy atom. The van der Waals surface area contributed by atoms with Crippen molar-refractivity contribution in [1.29, 1.82) is 5.26 Å². The van der Waals surface area contributed by atoms with Crippen molar-refractivity contribution >= 4 is 34.8 Å². The number of para-hydroxylation sites is 1. The Balaban J connectivity index is 1.45. The molecule has 142 valence electrons. The van der Waals surface area contributed by atoms with E-state index < -0.39 is 6.03 Å². The third-order valence-electron chi connectivity index (χ3n) is 4.27. The summed E-state index contributed by atoms with van der Waals surface area (Å²) >= 11 is 1.25. The van der Waals surface area contributed by atoms with Crippen molar-refractivity contribution in [3.05, 3.63) is 40.2 Å². The van der Waals surface area contributed by atoms with Gasteiger partial charge in [0.15, 0.2) is 5.01 Å². The maximum absolute atomic E-state index is 12.3. The van der Waals surface area contributed by atoms with E-state index in [1.165, 1.54) is 11.3 Å². The fraction of sp³-hybridized carbons (Fsp3) is 0.263. The molecule has 28 heavy (non-hydrogen) atoms. The van der Waals surface area contributed by atoms with E-state index in [0.717, 1.165) is 5.69 Å². The molecule has 1 aromatic heterocycles. The number of thiazole rings is 1. The van der Waals surface area contributed by atoms with Crippen molar-refractivity contribution in [1.82, 2.24) is 15.2 Å². The molecule has 1 aliphatic rings. The van der Waals surface area contributed by atoms with Crippen LogP contribution >= 0.6 is 11.3 Å². The summed E-state index contributed by atoms with van der Waals surface area (Å²) in [6, 6.07) is 9.10. The van der Waals surface area contributed by atoms with Crippen LogP contribution in [-0.2, 0) is 4.79 Å². The standard InChI is InChI=1S/C19H18N6O2S/c1-2-17-22-16(13-28-17)23-19(27)21-12-18(26)25-9-7-24(8-10-25)15-6-4-3-5-14(15)11-20/h1,3-6,13H,7-10,12H2,(H2,21,23,27). The van der Waals surface area contributed by atoms with E-state index in [1.54, 1.807) is 16.3 Å². The minimum absolute atomic E-state index is 0.104. The van der Waals surface area contributed by atoms with Gasteiger partial charge in [0, 0.05) is 31.6 Å². The molecular formula is C19H18N6O2S. The molecule has 2 heterocycles. The Kier molecular flexibility index (Phi) is 6.10. The number of hydrogen-bond donors (Lipinski definition) is 2. The van der Waals surface area contributed by atoms with Gasteiger partial charge >= 0.3 is 6.03 Å². The average molecular weight is 394 g/mol. The number of nitrogens with zero attached hydrogens (tertiary/aromatic N) is 4. The Morgan fingerprint density at radius 3 is 2.68 bits per heavy atom. The summed E-state index contributed by atoms with van der Waals surface area (Å²) in [6.07, 6.45) is 5.24. The summed E-state index contributed by atoms with van der Waals surface area (Å²) < 4.78 is 0. The normalized spacial score (nSPS) is 13.4. The largest absolute Gasteiger partial charge is 0.367 e. The second-order valence-electron chi connectivity index (χ2n) is 5.99. The molecule has 3 rings (SSSR count). The van der Waals surface area contributed by atoms with Gasteiger partial charge in [0.25, 0.3) is 0 Å². The van der Waals surface area contributed by atoms with Crippen LogP contribution < -0.4 is 15.5 Å². The SMILES string of the molecule is C#Cc1nc(NC(=O)NCC(=O)N2CCN(c3ccccc3C#N)CC2)cs1. The first-order valence-corrected chi connectivity index (χ1v) is 9.47. The molecule has 9 heteroatoms. The van der Waals surface area contributed by atoms with Crippen molar-refractivity contribution in [3.63, 3.8) is 0 Å². The molecule has 0 bridgehead atoms. The van der Waals surface area contributed by atoms with Crippen LogP contribution in [0.5, 0.6) is 0 Å². The number of rotatable bonds is 4. The molecule has 2 N–H and O–H groups in total. The predicted octanol–water partition coefficient (Wildman–Crippen LogP) is 1.47. The topological polar surface area (TPSA) is 101 Å². The Hall–Kier alpha value is -3.56. The van der Waals surface area contributed by atoms with Crippen molar-refractivity contribution in [2.24, 2.45) is 0 Å². The first-order chi connectivity index (χ1) is 13.6. The molecule has 0 aliphatic carbocycles. The number of terminal acetylenes is 1. The van der Waals surface area contributed by atoms with Crippen LogP contribution in [-0.4, -0.2) is 54.5 Å². The van der Waals surface area contributed by atoms with E-state index in [9.17, 15) is 14.9 Å². The minimum atomic E-state index is -0.510. The number of aromatic nitrogens is 1. The average Bonchev–Trinajstić information content (AvgIpc) is 3.19. The van der Waals surface area contributed by atoms with Crippen LogP contribution in [0, 0.1) is 23.7 Å². The lowest BCUT2D eigenvalue weighted by atomic mass is 10.1. The van der Waals surface area contributed by atoms with Gasteiger partial charge < -0.3 is 15.1 Å². The van der Waals surface area contributed by atoms with Crippen molar-refractivity contribution < 1.29 is 9.59 Å². The first-order valence-electron chi connectivity index (χ1n) is 8.59. The number of piperazine rings is 1. The highest BCUT2D eigenvalue weighted by molar-refractivity contribution is 7.10. The molecule has 1 aliphatic heterocycles. The summed E-state index contributed by atoms with van der Waals surface area (Å²) in [5.74, 6) is 2.58. The van der Waals surface area contributed by atoms with E-state index in [2.05, 4.69) is 32.5 Å². The summed E-state index contributed by atoms with van der Waals surface area (Å²) in [4.78, 5) is 32.0. The quantitative estimate of drug-likeness (QED) is 0.765. The molecule has 2 aromatic rings. The van der Waals surface area contributed by atoms with Gasteiger partial charge in [-0.05, 0) is 18.1 Å². The Bertz CT molecular complexity index is 950. The third kappa shape index (κ3) is 4.58. The van der Waals surface area contributed by atoms with Gasteiger partial charge in [-0.25, -0.2) is 9.78 Å². The summed E-state index contributed by atoms with van der Waals surface area (Å²) in [5, 5.41) is 16.4. The molecule has 1 fully saturated rings. The number of hydrogen-bond acceptors (Lipinski definition) is 6. The van der Waals surface area contributed by atoms with Crippen LogP contribution in [0.4, 0.5) is 16.3 Å². The summed E-state index contributed by atoms with van der Waals surface area (Å²) in [7, 11) is 0. The monoisotopic (exact) mass is 394 g/mol. The number of benzene rings is 1. The van der Waals surface area contributed by atoms with Crippen LogP contribution in [0.2, 0.25) is 0 Å². The molecule has 0 unspecified atom stereocenters. The number of carbonyl (C=O) groups excluding carboxylic acids is 2. The number of nitriles is 1. The predicted molar refractivity (Wildman–Crippen MR) is 107 cm³/mol. The number of urea groups is 1. The highest BCUT2D eigenvalue weighted by Crippen LogP contribution is 2.21. The van der Waals surface area contributed by atoms with E-state index in [-0.39, 0.29) is 12.5 Å². The Labute approximate surface area is 166 Å². The molecule has 3 amide bonds. The molecule has 0 atom stereocenters. The van der Waals surface area contributed by atoms with Gasteiger partial charge in [-0.1, -0.05) is 12.1 Å². The fourth-order valence-electron chi connectivity index (χ4n) is 2.87. The lowest BCUT2D eigenvalue weighted by Crippen LogP contribution is -2.51. The van der Waals surface area contributed by atoms with Crippen LogP contribution in [0.1, 0.15) is 10.6 Å². The third-order valence-corrected chi connectivity index (χ3v) is 5.04. The van der Waals surface area contributed by atoms with Crippen molar-refractivity contribution in [2.75, 3.05) is 42.9 Å². The maximum Gasteiger partial charge on any atom is 0.320 e. The first kappa shape index (κ1) is 19.2. The van der Waals surface area contributed by atoms with E-state index in [0.29, 0.717) is 42.6 Å². The maximum atomic E-state index is 12.3. The second kappa shape index (κ2) is 8.89. The molecule has 1 saturated heterocycles. The lowest BCUT2D eigenvalue weighted by molar-refractivity contribution is -0.130. The zero-order chi connectivity index (χ0) is 19.9. The molecule has 0 saturated carbocycles. The minimum Gasteiger partial charge on any atom is -0.367 e. The van der Waals surface area contributed by atoms with Gasteiger partial charge in [0.05, 0.1) is 17.8 Å². The Morgan fingerprint density at radius 1 is 1.25 bits per heavy atom. The van der Waals surface area contributed by atoms with E-state index in [4.69, 9.17) is 6.42 Å². The van der Waals surface area contributed by atoms with Crippen molar-refractivity contribution in [2.45, 2.75) is 0 Å². The smallest absolute Gasteiger partial charge is 0.320 e. The zero-order valence-electron chi connectivity index (χ0n) is 15.0. The van der Waals surface area contributed by atoms with Gasteiger partial charge in [-0.2, -0.15) is 5.26 Å². The van der Waals surface area contributed by atoms with Crippen LogP contribution in [0.3, 0.4) is 0 Å². The van der Waals surface area contributed by atoms with Gasteiger partial charge in [-0.3, -0.25) is 10.1 Å². The number of carbonyl (C=O) groups is 2. The number of nitrogens with one attached hydrogen (secondary N) is 2. The van der Waals surface area contributed by atoms with Crippen molar-refractivity contribution in [3.8, 4) is 18.4 Å². The second-order valence-corrected chi connectivity index (χ2v) is 6.84. The van der Waals surface area contributed by atoms with E-state index in [1.807, 2.05) is 18.2 Å². The fourth-order valence-corrected chi connectivity index (χ4v) is 3.42. The number of amides is 3. The molecular weight excluding hydrogens is 376 g/mol. The summed E-state index contributed by atoms with van der Waals surface area (Å²) in [5.41, 5.74) is 1.50. The van der Waals surface area contributed by atoms with Gasteiger partial charge in [0.2, 0.25) is 5.91 Å².